The highest BCUT2D eigenvalue weighted by molar-refractivity contribution is 7.11. The van der Waals surface area contributed by atoms with Crippen LogP contribution in [0.15, 0.2) is 59.0 Å². The van der Waals surface area contributed by atoms with Crippen LogP contribution in [0.1, 0.15) is 10.4 Å². The molecule has 1 aromatic carbocycles. The summed E-state index contributed by atoms with van der Waals surface area (Å²) in [5, 5.41) is 7.56. The minimum atomic E-state index is -0.231. The fourth-order valence-corrected chi connectivity index (χ4v) is 3.34. The highest BCUT2D eigenvalue weighted by atomic mass is 32.1. The van der Waals surface area contributed by atoms with E-state index in [0.29, 0.717) is 22.5 Å². The molecule has 2 amide bonds. The topological polar surface area (TPSA) is 58.2 Å². The number of carbonyl (C=O) groups is 2. The van der Waals surface area contributed by atoms with Gasteiger partial charge < -0.3 is 10.6 Å². The lowest BCUT2D eigenvalue weighted by Gasteiger charge is -2.05. The Labute approximate surface area is 124 Å². The first-order valence-corrected chi connectivity index (χ1v) is 7.34. The van der Waals surface area contributed by atoms with E-state index in [1.54, 1.807) is 0 Å². The second-order valence-corrected chi connectivity index (χ2v) is 5.70. The highest BCUT2D eigenvalue weighted by Gasteiger charge is 2.40. The molecule has 3 heterocycles. The first-order valence-electron chi connectivity index (χ1n) is 6.46. The van der Waals surface area contributed by atoms with Crippen LogP contribution in [0.3, 0.4) is 0 Å². The molecule has 0 atom stereocenters. The average molecular weight is 294 g/mol. The number of nitrogens with one attached hydrogen (secondary N) is 2. The number of fused-ring (bicyclic) bond motifs is 1. The van der Waals surface area contributed by atoms with E-state index in [1.807, 2.05) is 47.8 Å². The molecule has 0 unspecified atom stereocenters. The van der Waals surface area contributed by atoms with Crippen molar-refractivity contribution in [1.82, 2.24) is 10.6 Å². The Morgan fingerprint density at radius 3 is 2.10 bits per heavy atom. The van der Waals surface area contributed by atoms with Crippen LogP contribution in [0.2, 0.25) is 0 Å². The van der Waals surface area contributed by atoms with Crippen LogP contribution in [0.5, 0.6) is 0 Å². The molecule has 2 aromatic rings. The Balaban J connectivity index is 1.94. The molecule has 0 radical (unpaired) electrons. The van der Waals surface area contributed by atoms with Crippen LogP contribution in [-0.2, 0) is 9.59 Å². The fraction of sp³-hybridized carbons (Fsp3) is 0. The molecule has 102 valence electrons. The number of rotatable bonds is 2. The maximum absolute atomic E-state index is 12.3. The minimum Gasteiger partial charge on any atom is -0.321 e. The zero-order valence-electron chi connectivity index (χ0n) is 10.8. The fourth-order valence-electron chi connectivity index (χ4n) is 2.61. The third-order valence-electron chi connectivity index (χ3n) is 3.51. The first kappa shape index (κ1) is 12.1. The molecule has 2 aliphatic rings. The Morgan fingerprint density at radius 1 is 0.762 bits per heavy atom. The second kappa shape index (κ2) is 4.43. The average Bonchev–Trinajstić information content (AvgIpc) is 3.19. The molecule has 0 fully saturated rings. The summed E-state index contributed by atoms with van der Waals surface area (Å²) in [5.74, 6) is -0.462. The van der Waals surface area contributed by atoms with Crippen molar-refractivity contribution in [2.45, 2.75) is 0 Å². The largest absolute Gasteiger partial charge is 0.321 e. The molecule has 0 bridgehead atoms. The molecule has 4 nitrogen and oxygen atoms in total. The van der Waals surface area contributed by atoms with Crippen molar-refractivity contribution in [1.29, 1.82) is 0 Å². The maximum Gasteiger partial charge on any atom is 0.258 e. The lowest BCUT2D eigenvalue weighted by Crippen LogP contribution is -2.21. The lowest BCUT2D eigenvalue weighted by atomic mass is 10.0. The summed E-state index contributed by atoms with van der Waals surface area (Å²) >= 11 is 1.50. The van der Waals surface area contributed by atoms with Crippen LogP contribution >= 0.6 is 11.3 Å². The van der Waals surface area contributed by atoms with Gasteiger partial charge in [-0.1, -0.05) is 36.4 Å². The lowest BCUT2D eigenvalue weighted by molar-refractivity contribution is -0.117. The first-order chi connectivity index (χ1) is 10.3. The summed E-state index contributed by atoms with van der Waals surface area (Å²) in [6, 6.07) is 13.2. The van der Waals surface area contributed by atoms with Gasteiger partial charge in [0, 0.05) is 0 Å². The predicted molar refractivity (Wildman–Crippen MR) is 80.9 cm³/mol. The van der Waals surface area contributed by atoms with Gasteiger partial charge in [-0.2, -0.15) is 0 Å². The highest BCUT2D eigenvalue weighted by Crippen LogP contribution is 2.38. The van der Waals surface area contributed by atoms with Crippen molar-refractivity contribution in [2.24, 2.45) is 0 Å². The third kappa shape index (κ3) is 1.75. The van der Waals surface area contributed by atoms with E-state index in [0.717, 1.165) is 10.4 Å². The minimum absolute atomic E-state index is 0.231. The van der Waals surface area contributed by atoms with Crippen LogP contribution < -0.4 is 10.6 Å². The molecule has 5 heteroatoms. The number of thiophene rings is 1. The normalized spacial score (nSPS) is 17.1. The van der Waals surface area contributed by atoms with E-state index in [9.17, 15) is 9.59 Å². The van der Waals surface area contributed by atoms with E-state index in [2.05, 4.69) is 10.6 Å². The van der Waals surface area contributed by atoms with E-state index < -0.39 is 0 Å². The van der Waals surface area contributed by atoms with Gasteiger partial charge in [0.1, 0.15) is 0 Å². The summed E-state index contributed by atoms with van der Waals surface area (Å²) < 4.78 is 0. The number of amides is 2. The van der Waals surface area contributed by atoms with Crippen molar-refractivity contribution in [2.75, 3.05) is 0 Å². The smallest absolute Gasteiger partial charge is 0.258 e. The Hall–Kier alpha value is -2.66. The molecule has 1 aromatic heterocycles. The molecule has 4 rings (SSSR count). The number of benzene rings is 1. The van der Waals surface area contributed by atoms with Gasteiger partial charge in [-0.25, -0.2) is 0 Å². The van der Waals surface area contributed by atoms with Crippen LogP contribution in [0.4, 0.5) is 0 Å². The molecular formula is C16H10N2O2S. The van der Waals surface area contributed by atoms with Gasteiger partial charge in [0.05, 0.1) is 27.4 Å². The number of carbonyl (C=O) groups excluding carboxylic acids is 2. The van der Waals surface area contributed by atoms with E-state index >= 15 is 0 Å². The van der Waals surface area contributed by atoms with E-state index in [1.165, 1.54) is 11.3 Å². The zero-order chi connectivity index (χ0) is 14.4. The van der Waals surface area contributed by atoms with Gasteiger partial charge in [0.2, 0.25) is 0 Å². The van der Waals surface area contributed by atoms with Gasteiger partial charge in [-0.15, -0.1) is 11.3 Å². The van der Waals surface area contributed by atoms with Crippen molar-refractivity contribution >= 4 is 34.5 Å². The quantitative estimate of drug-likeness (QED) is 0.891. The maximum atomic E-state index is 12.3. The van der Waals surface area contributed by atoms with Gasteiger partial charge in [0.15, 0.2) is 0 Å². The van der Waals surface area contributed by atoms with Crippen molar-refractivity contribution < 1.29 is 9.59 Å². The number of hydrogen-bond donors (Lipinski definition) is 2. The monoisotopic (exact) mass is 294 g/mol. The molecule has 0 saturated heterocycles. The summed E-state index contributed by atoms with van der Waals surface area (Å²) in [7, 11) is 0. The molecule has 2 aliphatic heterocycles. The summed E-state index contributed by atoms with van der Waals surface area (Å²) in [6.45, 7) is 0. The Kier molecular flexibility index (Phi) is 2.55. The van der Waals surface area contributed by atoms with Crippen molar-refractivity contribution in [3.05, 3.63) is 69.4 Å². The molecule has 0 spiro atoms. The summed E-state index contributed by atoms with van der Waals surface area (Å²) in [6.07, 6.45) is 0. The molecule has 0 saturated carbocycles. The molecular weight excluding hydrogens is 284 g/mol. The molecule has 2 N–H and O–H groups in total. The van der Waals surface area contributed by atoms with E-state index in [4.69, 9.17) is 0 Å². The Bertz CT molecular complexity index is 817. The van der Waals surface area contributed by atoms with Gasteiger partial charge >= 0.3 is 0 Å². The third-order valence-corrected chi connectivity index (χ3v) is 4.40. The summed E-state index contributed by atoms with van der Waals surface area (Å²) in [4.78, 5) is 25.5. The van der Waals surface area contributed by atoms with Crippen LogP contribution in [0.25, 0.3) is 11.4 Å². The van der Waals surface area contributed by atoms with Crippen molar-refractivity contribution in [3.8, 4) is 0 Å². The van der Waals surface area contributed by atoms with Crippen LogP contribution in [-0.4, -0.2) is 11.8 Å². The molecule has 21 heavy (non-hydrogen) atoms. The van der Waals surface area contributed by atoms with Gasteiger partial charge in [0.25, 0.3) is 11.8 Å². The summed E-state index contributed by atoms with van der Waals surface area (Å²) in [5.41, 5.74) is 2.91. The predicted octanol–water partition coefficient (Wildman–Crippen LogP) is 2.13. The zero-order valence-corrected chi connectivity index (χ0v) is 11.7. The van der Waals surface area contributed by atoms with Crippen molar-refractivity contribution in [3.63, 3.8) is 0 Å². The standard InChI is InChI=1S/C16H10N2O2S/c19-15-11-12(14(18-15)10-7-4-8-21-10)16(20)17-13(11)9-5-2-1-3-6-9/h1-8H,(H,17,20)(H,18,19). The second-order valence-electron chi connectivity index (χ2n) is 4.75. The van der Waals surface area contributed by atoms with Gasteiger partial charge in [-0.3, -0.25) is 9.59 Å². The number of hydrogen-bond acceptors (Lipinski definition) is 3. The van der Waals surface area contributed by atoms with Crippen LogP contribution in [0, 0.1) is 0 Å². The Morgan fingerprint density at radius 2 is 1.43 bits per heavy atom. The van der Waals surface area contributed by atoms with Gasteiger partial charge in [-0.05, 0) is 17.0 Å². The SMILES string of the molecule is O=C1NC(c2cccs2)=C2C(=O)NC(c3ccccc3)=C12. The molecule has 0 aliphatic carbocycles. The van der Waals surface area contributed by atoms with E-state index in [-0.39, 0.29) is 11.8 Å².